The van der Waals surface area contributed by atoms with E-state index < -0.39 is 5.82 Å². The molecule has 1 aliphatic heterocycles. The van der Waals surface area contributed by atoms with Crippen molar-refractivity contribution in [2.24, 2.45) is 0 Å². The van der Waals surface area contributed by atoms with E-state index in [4.69, 9.17) is 16.3 Å². The molecule has 0 unspecified atom stereocenters. The average Bonchev–Trinajstić information content (AvgIpc) is 3.19. The van der Waals surface area contributed by atoms with Gasteiger partial charge in [-0.2, -0.15) is 10.1 Å². The van der Waals surface area contributed by atoms with Crippen LogP contribution in [0.25, 0.3) is 22.5 Å². The molecule has 2 N–H and O–H groups in total. The summed E-state index contributed by atoms with van der Waals surface area (Å²) in [6.07, 6.45) is 3.60. The topological polar surface area (TPSA) is 79.0 Å². The van der Waals surface area contributed by atoms with E-state index in [1.807, 2.05) is 25.1 Å². The second-order valence-electron chi connectivity index (χ2n) is 7.89. The first-order valence-electron chi connectivity index (χ1n) is 10.4. The summed E-state index contributed by atoms with van der Waals surface area (Å²) >= 11 is 5.96. The molecule has 31 heavy (non-hydrogen) atoms. The number of nitrogens with zero attached hydrogens (tertiary/aromatic N) is 4. The highest BCUT2D eigenvalue weighted by molar-refractivity contribution is 6.30. The summed E-state index contributed by atoms with van der Waals surface area (Å²) < 4.78 is 20.5. The van der Waals surface area contributed by atoms with Gasteiger partial charge in [-0.15, -0.1) is 0 Å². The summed E-state index contributed by atoms with van der Waals surface area (Å²) in [7, 11) is 3.95. The van der Waals surface area contributed by atoms with Crippen LogP contribution in [0.1, 0.15) is 24.5 Å². The van der Waals surface area contributed by atoms with Gasteiger partial charge in [0.2, 0.25) is 0 Å². The van der Waals surface area contributed by atoms with Gasteiger partial charge < -0.3 is 15.0 Å². The molecule has 0 saturated carbocycles. The maximum atomic E-state index is 14.8. The Morgan fingerprint density at radius 2 is 2.03 bits per heavy atom. The molecular weight excluding hydrogens is 419 g/mol. The summed E-state index contributed by atoms with van der Waals surface area (Å²) in [5, 5.41) is 11.4. The van der Waals surface area contributed by atoms with Crippen molar-refractivity contribution in [3.63, 3.8) is 0 Å². The molecule has 3 aromatic rings. The Hall–Kier alpha value is -2.55. The van der Waals surface area contributed by atoms with Crippen LogP contribution >= 0.6 is 11.6 Å². The van der Waals surface area contributed by atoms with Crippen molar-refractivity contribution in [1.29, 1.82) is 0 Å². The van der Waals surface area contributed by atoms with E-state index in [-0.39, 0.29) is 5.92 Å². The molecule has 1 aliphatic rings. The predicted molar refractivity (Wildman–Crippen MR) is 119 cm³/mol. The highest BCUT2D eigenvalue weighted by Gasteiger charge is 2.27. The Balaban J connectivity index is 1.76. The number of benzene rings is 1. The molecule has 0 radical (unpaired) electrons. The first-order chi connectivity index (χ1) is 15.0. The lowest BCUT2D eigenvalue weighted by molar-refractivity contribution is 0.245. The molecule has 1 aromatic carbocycles. The first-order valence-corrected chi connectivity index (χ1v) is 10.8. The zero-order valence-corrected chi connectivity index (χ0v) is 18.4. The van der Waals surface area contributed by atoms with E-state index in [2.05, 4.69) is 25.5 Å². The largest absolute Gasteiger partial charge is 0.462 e. The van der Waals surface area contributed by atoms with Gasteiger partial charge in [-0.3, -0.25) is 5.10 Å². The van der Waals surface area contributed by atoms with Gasteiger partial charge in [0.1, 0.15) is 18.1 Å². The molecule has 9 heteroatoms. The van der Waals surface area contributed by atoms with E-state index in [1.54, 1.807) is 18.3 Å². The lowest BCUT2D eigenvalue weighted by Gasteiger charge is -2.22. The van der Waals surface area contributed by atoms with Crippen LogP contribution in [0.15, 0.2) is 30.5 Å². The van der Waals surface area contributed by atoms with E-state index in [0.29, 0.717) is 34.6 Å². The molecule has 1 fully saturated rings. The first kappa shape index (κ1) is 21.7. The maximum Gasteiger partial charge on any atom is 0.316 e. The molecule has 3 heterocycles. The second-order valence-corrected chi connectivity index (χ2v) is 8.32. The Morgan fingerprint density at radius 1 is 1.23 bits per heavy atom. The zero-order valence-electron chi connectivity index (χ0n) is 17.7. The molecule has 7 nitrogen and oxygen atoms in total. The highest BCUT2D eigenvalue weighted by Crippen LogP contribution is 2.39. The van der Waals surface area contributed by atoms with Gasteiger partial charge in [0.15, 0.2) is 0 Å². The highest BCUT2D eigenvalue weighted by atomic mass is 35.5. The van der Waals surface area contributed by atoms with Crippen LogP contribution in [0.5, 0.6) is 6.01 Å². The van der Waals surface area contributed by atoms with Crippen molar-refractivity contribution in [1.82, 2.24) is 30.4 Å². The fourth-order valence-electron chi connectivity index (χ4n) is 3.77. The minimum absolute atomic E-state index is 0.279. The Morgan fingerprint density at radius 3 is 2.77 bits per heavy atom. The molecule has 164 valence electrons. The lowest BCUT2D eigenvalue weighted by atomic mass is 9.89. The van der Waals surface area contributed by atoms with Crippen molar-refractivity contribution < 1.29 is 9.13 Å². The van der Waals surface area contributed by atoms with Crippen molar-refractivity contribution in [2.75, 3.05) is 40.3 Å². The van der Waals surface area contributed by atoms with E-state index in [0.717, 1.165) is 43.7 Å². The summed E-state index contributed by atoms with van der Waals surface area (Å²) in [5.74, 6) is -0.144. The van der Waals surface area contributed by atoms with Crippen LogP contribution in [0.4, 0.5) is 4.39 Å². The van der Waals surface area contributed by atoms with Gasteiger partial charge >= 0.3 is 6.01 Å². The Kier molecular flexibility index (Phi) is 6.80. The van der Waals surface area contributed by atoms with Crippen LogP contribution in [-0.2, 0) is 0 Å². The molecule has 4 rings (SSSR count). The number of aromatic nitrogens is 4. The average molecular weight is 445 g/mol. The number of piperidine rings is 1. The van der Waals surface area contributed by atoms with Crippen molar-refractivity contribution in [3.8, 4) is 28.5 Å². The lowest BCUT2D eigenvalue weighted by Crippen LogP contribution is -2.27. The molecule has 0 spiro atoms. The molecule has 0 amide bonds. The van der Waals surface area contributed by atoms with Gasteiger partial charge in [0, 0.05) is 40.5 Å². The second kappa shape index (κ2) is 9.72. The number of likely N-dealkylation sites (N-methyl/N-ethyl adjacent to an activating group) is 1. The smallest absolute Gasteiger partial charge is 0.316 e. The van der Waals surface area contributed by atoms with E-state index in [9.17, 15) is 4.39 Å². The summed E-state index contributed by atoms with van der Waals surface area (Å²) in [6.45, 7) is 3.08. The molecule has 0 atom stereocenters. The summed E-state index contributed by atoms with van der Waals surface area (Å²) in [5.41, 5.74) is 3.29. The SMILES string of the molecule is CN(C)CCOc1nccc(-c2c(-c3ccc(Cl)cc3F)n[nH]c2C2CCNCC2)n1. The number of nitrogens with one attached hydrogen (secondary N) is 2. The number of rotatable bonds is 7. The predicted octanol–water partition coefficient (Wildman–Crippen LogP) is 3.73. The standard InChI is InChI=1S/C22H26ClFN6O/c1-30(2)11-12-31-22-26-10-7-18(27-22)19-20(14-5-8-25-9-6-14)28-29-21(19)16-4-3-15(23)13-17(16)24/h3-4,7,10,13-14,25H,5-6,8-9,11-12H2,1-2H3,(H,28,29). The molecule has 1 saturated heterocycles. The number of hydrogen-bond acceptors (Lipinski definition) is 6. The van der Waals surface area contributed by atoms with Gasteiger partial charge in [-0.1, -0.05) is 11.6 Å². The van der Waals surface area contributed by atoms with Crippen LogP contribution < -0.4 is 10.1 Å². The number of aromatic amines is 1. The van der Waals surface area contributed by atoms with Crippen molar-refractivity contribution in [3.05, 3.63) is 47.0 Å². The minimum atomic E-state index is -0.423. The summed E-state index contributed by atoms with van der Waals surface area (Å²) in [6, 6.07) is 6.72. The molecule has 0 bridgehead atoms. The third kappa shape index (κ3) is 5.03. The van der Waals surface area contributed by atoms with Crippen LogP contribution in [0.3, 0.4) is 0 Å². The number of halogens is 2. The minimum Gasteiger partial charge on any atom is -0.462 e. The fraction of sp³-hybridized carbons (Fsp3) is 0.409. The van der Waals surface area contributed by atoms with Gasteiger partial charge in [0.05, 0.1) is 5.69 Å². The Labute approximate surface area is 186 Å². The van der Waals surface area contributed by atoms with E-state index >= 15 is 0 Å². The molecule has 0 aliphatic carbocycles. The zero-order chi connectivity index (χ0) is 21.8. The van der Waals surface area contributed by atoms with Gasteiger partial charge in [-0.05, 0) is 64.3 Å². The number of H-pyrrole nitrogens is 1. The van der Waals surface area contributed by atoms with Crippen molar-refractivity contribution >= 4 is 11.6 Å². The van der Waals surface area contributed by atoms with Gasteiger partial charge in [0.25, 0.3) is 0 Å². The molecular formula is C22H26ClFN6O. The third-order valence-corrected chi connectivity index (χ3v) is 5.62. The third-order valence-electron chi connectivity index (χ3n) is 5.39. The number of ether oxygens (including phenoxy) is 1. The Bertz CT molecular complexity index is 1030. The van der Waals surface area contributed by atoms with Crippen LogP contribution in [0, 0.1) is 5.82 Å². The maximum absolute atomic E-state index is 14.8. The van der Waals surface area contributed by atoms with Crippen LogP contribution in [0.2, 0.25) is 5.02 Å². The molecule has 2 aromatic heterocycles. The van der Waals surface area contributed by atoms with E-state index in [1.165, 1.54) is 6.07 Å². The monoisotopic (exact) mass is 444 g/mol. The summed E-state index contributed by atoms with van der Waals surface area (Å²) in [4.78, 5) is 10.9. The van der Waals surface area contributed by atoms with Crippen molar-refractivity contribution in [2.45, 2.75) is 18.8 Å². The quantitative estimate of drug-likeness (QED) is 0.578. The van der Waals surface area contributed by atoms with Crippen LogP contribution in [-0.4, -0.2) is 65.4 Å². The fourth-order valence-corrected chi connectivity index (χ4v) is 3.93. The number of hydrogen-bond donors (Lipinski definition) is 2. The van der Waals surface area contributed by atoms with Gasteiger partial charge in [-0.25, -0.2) is 9.37 Å². The normalized spacial score (nSPS) is 14.9.